The Kier molecular flexibility index (Phi) is 5.57. The number of hydrogen-bond acceptors (Lipinski definition) is 5. The Bertz CT molecular complexity index is 925. The van der Waals surface area contributed by atoms with Gasteiger partial charge in [0.25, 0.3) is 5.91 Å². The molecule has 0 spiro atoms. The van der Waals surface area contributed by atoms with E-state index in [0.717, 1.165) is 14.6 Å². The number of rotatable bonds is 5. The lowest BCUT2D eigenvalue weighted by atomic mass is 10.2. The number of hydrogen-bond donors (Lipinski definition) is 2. The highest BCUT2D eigenvalue weighted by atomic mass is 35.5. The van der Waals surface area contributed by atoms with Crippen LogP contribution in [-0.4, -0.2) is 29.6 Å². The first-order valence-corrected chi connectivity index (χ1v) is 9.54. The lowest BCUT2D eigenvalue weighted by Crippen LogP contribution is -2.19. The van der Waals surface area contributed by atoms with Crippen molar-refractivity contribution in [1.82, 2.24) is 10.3 Å². The van der Waals surface area contributed by atoms with Gasteiger partial charge in [-0.15, -0.1) is 11.3 Å². The number of nitrogens with zero attached hydrogens (tertiary/aromatic N) is 1. The Hall–Kier alpha value is -2.09. The van der Waals surface area contributed by atoms with E-state index in [1.54, 1.807) is 31.3 Å². The third kappa shape index (κ3) is 4.50. The maximum atomic E-state index is 12.3. The van der Waals surface area contributed by atoms with E-state index in [0.29, 0.717) is 22.0 Å². The number of halogens is 1. The SMILES string of the molecule is CNC(=O)CSc1nc2ccc(NC(=O)c3ccc(Cl)cc3)cc2s1. The van der Waals surface area contributed by atoms with Gasteiger partial charge in [-0.1, -0.05) is 23.4 Å². The highest BCUT2D eigenvalue weighted by Crippen LogP contribution is 2.31. The van der Waals surface area contributed by atoms with Gasteiger partial charge in [-0.25, -0.2) is 4.98 Å². The number of fused-ring (bicyclic) bond motifs is 1. The van der Waals surface area contributed by atoms with Crippen molar-refractivity contribution in [2.24, 2.45) is 0 Å². The fourth-order valence-corrected chi connectivity index (χ4v) is 4.15. The van der Waals surface area contributed by atoms with Crippen LogP contribution in [0.2, 0.25) is 5.02 Å². The average molecular weight is 392 g/mol. The smallest absolute Gasteiger partial charge is 0.255 e. The van der Waals surface area contributed by atoms with Crippen LogP contribution in [0.5, 0.6) is 0 Å². The molecule has 0 aliphatic carbocycles. The minimum atomic E-state index is -0.199. The quantitative estimate of drug-likeness (QED) is 0.644. The van der Waals surface area contributed by atoms with E-state index in [4.69, 9.17) is 11.6 Å². The number of thiazole rings is 1. The molecule has 128 valence electrons. The molecule has 0 atom stereocenters. The van der Waals surface area contributed by atoms with Crippen LogP contribution in [0.25, 0.3) is 10.2 Å². The molecule has 3 rings (SSSR count). The van der Waals surface area contributed by atoms with Crippen molar-refractivity contribution in [3.8, 4) is 0 Å². The van der Waals surface area contributed by atoms with Gasteiger partial charge in [0.2, 0.25) is 5.91 Å². The summed E-state index contributed by atoms with van der Waals surface area (Å²) in [7, 11) is 1.61. The van der Waals surface area contributed by atoms with Crippen molar-refractivity contribution in [3.05, 3.63) is 53.1 Å². The molecule has 2 aromatic carbocycles. The molecule has 1 heterocycles. The van der Waals surface area contributed by atoms with Crippen LogP contribution in [0.4, 0.5) is 5.69 Å². The predicted octanol–water partition coefficient (Wildman–Crippen LogP) is 4.04. The standard InChI is InChI=1S/C17H14ClN3O2S2/c1-19-15(22)9-24-17-21-13-7-6-12(8-14(13)25-17)20-16(23)10-2-4-11(18)5-3-10/h2-8H,9H2,1H3,(H,19,22)(H,20,23). The van der Waals surface area contributed by atoms with Crippen molar-refractivity contribution in [1.29, 1.82) is 0 Å². The molecular weight excluding hydrogens is 378 g/mol. The molecule has 8 heteroatoms. The molecule has 0 bridgehead atoms. The van der Waals surface area contributed by atoms with E-state index >= 15 is 0 Å². The zero-order valence-corrected chi connectivity index (χ0v) is 15.6. The zero-order chi connectivity index (χ0) is 17.8. The minimum absolute atomic E-state index is 0.0415. The molecule has 25 heavy (non-hydrogen) atoms. The zero-order valence-electron chi connectivity index (χ0n) is 13.2. The van der Waals surface area contributed by atoms with Crippen LogP contribution < -0.4 is 10.6 Å². The first-order chi connectivity index (χ1) is 12.0. The van der Waals surface area contributed by atoms with Crippen LogP contribution >= 0.6 is 34.7 Å². The number of aromatic nitrogens is 1. The monoisotopic (exact) mass is 391 g/mol. The Morgan fingerprint density at radius 1 is 1.20 bits per heavy atom. The van der Waals surface area contributed by atoms with E-state index in [-0.39, 0.29) is 11.8 Å². The number of carbonyl (C=O) groups excluding carboxylic acids is 2. The number of amides is 2. The molecule has 0 unspecified atom stereocenters. The Labute approximate surface area is 157 Å². The molecule has 1 aromatic heterocycles. The van der Waals surface area contributed by atoms with Crippen molar-refractivity contribution >= 4 is 62.4 Å². The van der Waals surface area contributed by atoms with Crippen molar-refractivity contribution in [2.75, 3.05) is 18.1 Å². The van der Waals surface area contributed by atoms with Crippen LogP contribution in [0.15, 0.2) is 46.8 Å². The highest BCUT2D eigenvalue weighted by molar-refractivity contribution is 8.01. The Morgan fingerprint density at radius 2 is 1.96 bits per heavy atom. The Morgan fingerprint density at radius 3 is 2.68 bits per heavy atom. The van der Waals surface area contributed by atoms with Crippen molar-refractivity contribution in [3.63, 3.8) is 0 Å². The molecule has 0 radical (unpaired) electrons. The first-order valence-electron chi connectivity index (χ1n) is 7.36. The van der Waals surface area contributed by atoms with Gasteiger partial charge < -0.3 is 10.6 Å². The highest BCUT2D eigenvalue weighted by Gasteiger charge is 2.10. The van der Waals surface area contributed by atoms with Gasteiger partial charge in [-0.05, 0) is 42.5 Å². The van der Waals surface area contributed by atoms with E-state index in [2.05, 4.69) is 15.6 Å². The van der Waals surface area contributed by atoms with E-state index < -0.39 is 0 Å². The Balaban J connectivity index is 1.73. The summed E-state index contributed by atoms with van der Waals surface area (Å²) in [6.45, 7) is 0. The minimum Gasteiger partial charge on any atom is -0.358 e. The number of benzene rings is 2. The summed E-state index contributed by atoms with van der Waals surface area (Å²) in [6, 6.07) is 12.3. The van der Waals surface area contributed by atoms with Gasteiger partial charge in [0.15, 0.2) is 4.34 Å². The van der Waals surface area contributed by atoms with Crippen molar-refractivity contribution < 1.29 is 9.59 Å². The maximum Gasteiger partial charge on any atom is 0.255 e. The number of thioether (sulfide) groups is 1. The van der Waals surface area contributed by atoms with Crippen LogP contribution in [0.3, 0.4) is 0 Å². The fourth-order valence-electron chi connectivity index (χ4n) is 2.05. The number of anilines is 1. The third-order valence-corrected chi connectivity index (χ3v) is 5.75. The summed E-state index contributed by atoms with van der Waals surface area (Å²) in [5.74, 6) is 0.0890. The maximum absolute atomic E-state index is 12.3. The normalized spacial score (nSPS) is 10.6. The summed E-state index contributed by atoms with van der Waals surface area (Å²) in [5, 5.41) is 6.03. The first kappa shape index (κ1) is 17.7. The van der Waals surface area contributed by atoms with Gasteiger partial charge in [-0.2, -0.15) is 0 Å². The summed E-state index contributed by atoms with van der Waals surface area (Å²) in [5.41, 5.74) is 2.07. The second kappa shape index (κ2) is 7.86. The second-order valence-corrected chi connectivity index (χ2v) is 7.77. The summed E-state index contributed by atoms with van der Waals surface area (Å²) >= 11 is 8.72. The van der Waals surface area contributed by atoms with E-state index in [9.17, 15) is 9.59 Å². The van der Waals surface area contributed by atoms with Gasteiger partial charge in [0.1, 0.15) is 0 Å². The lowest BCUT2D eigenvalue weighted by molar-refractivity contribution is -0.118. The van der Waals surface area contributed by atoms with Gasteiger partial charge >= 0.3 is 0 Å². The molecule has 0 fully saturated rings. The summed E-state index contributed by atoms with van der Waals surface area (Å²) in [4.78, 5) is 28.1. The lowest BCUT2D eigenvalue weighted by Gasteiger charge is -2.05. The second-order valence-electron chi connectivity index (χ2n) is 5.09. The number of carbonyl (C=O) groups is 2. The molecule has 5 nitrogen and oxygen atoms in total. The molecule has 2 amide bonds. The van der Waals surface area contributed by atoms with E-state index in [1.807, 2.05) is 18.2 Å². The molecule has 0 saturated carbocycles. The molecule has 0 aliphatic rings. The summed E-state index contributed by atoms with van der Waals surface area (Å²) < 4.78 is 1.77. The summed E-state index contributed by atoms with van der Waals surface area (Å²) in [6.07, 6.45) is 0. The van der Waals surface area contributed by atoms with Gasteiger partial charge in [0, 0.05) is 23.3 Å². The number of nitrogens with one attached hydrogen (secondary N) is 2. The van der Waals surface area contributed by atoms with Crippen molar-refractivity contribution in [2.45, 2.75) is 4.34 Å². The molecule has 0 saturated heterocycles. The molecule has 2 N–H and O–H groups in total. The predicted molar refractivity (Wildman–Crippen MR) is 104 cm³/mol. The molecular formula is C17H14ClN3O2S2. The molecule has 0 aliphatic heterocycles. The van der Waals surface area contributed by atoms with E-state index in [1.165, 1.54) is 23.1 Å². The van der Waals surface area contributed by atoms with Crippen LogP contribution in [0.1, 0.15) is 10.4 Å². The van der Waals surface area contributed by atoms with Crippen LogP contribution in [0, 0.1) is 0 Å². The molecule has 3 aromatic rings. The largest absolute Gasteiger partial charge is 0.358 e. The van der Waals surface area contributed by atoms with Gasteiger partial charge in [-0.3, -0.25) is 9.59 Å². The topological polar surface area (TPSA) is 71.1 Å². The fraction of sp³-hybridized carbons (Fsp3) is 0.118. The average Bonchev–Trinajstić information content (AvgIpc) is 3.02. The third-order valence-electron chi connectivity index (χ3n) is 3.34. The van der Waals surface area contributed by atoms with Gasteiger partial charge in [0.05, 0.1) is 16.0 Å². The van der Waals surface area contributed by atoms with Crippen LogP contribution in [-0.2, 0) is 4.79 Å².